The number of carboxylic acids is 2. The number of amides is 5. The maximum Gasteiger partial charge on any atom is 0.326 e. The van der Waals surface area contributed by atoms with E-state index in [0.717, 1.165) is 10.9 Å². The molecule has 18 heteroatoms. The van der Waals surface area contributed by atoms with E-state index in [0.29, 0.717) is 11.1 Å². The second-order valence-electron chi connectivity index (χ2n) is 14.7. The molecule has 0 aliphatic rings. The Morgan fingerprint density at radius 3 is 1.72 bits per heavy atom. The van der Waals surface area contributed by atoms with Crippen molar-refractivity contribution in [1.82, 2.24) is 31.6 Å². The van der Waals surface area contributed by atoms with Crippen molar-refractivity contribution in [3.8, 4) is 5.75 Å². The Hall–Kier alpha value is -6.01. The molecule has 2 aromatic carbocycles. The van der Waals surface area contributed by atoms with Crippen molar-refractivity contribution in [3.05, 3.63) is 65.9 Å². The summed E-state index contributed by atoms with van der Waals surface area (Å²) in [6.45, 7) is 6.23. The number of hydrogen-bond donors (Lipinski definition) is 11. The van der Waals surface area contributed by atoms with Crippen LogP contribution in [0.2, 0.25) is 0 Å². The van der Waals surface area contributed by atoms with Crippen LogP contribution in [-0.4, -0.2) is 110 Å². The molecule has 0 aliphatic carbocycles. The number of carbonyl (C=O) groups excluding carboxylic acids is 5. The number of nitrogens with two attached hydrogens (primary N) is 1. The standard InChI is InChI=1S/C39H53N7O11/c1-20(2)13-26(40)34(51)42-30(17-33(49)50)37(54)43-28(15-22-9-11-24(48)12-10-22)35(52)46-32(19-47)38(55)44-29(36(53)45-31(39(56)57)14-21(3)4)16-23-18-41-27-8-6-5-7-25(23)27/h5-12,18,20-21,26,28-32,41,47-48H,13-17,19,40H2,1-4H3,(H,42,51)(H,43,54)(H,44,55)(H,45,53)(H,46,52)(H,49,50)(H,56,57)/t26-,28-,29-,30-,31-,32-/m0/s1. The van der Waals surface area contributed by atoms with Crippen molar-refractivity contribution in [3.63, 3.8) is 0 Å². The number of para-hydroxylation sites is 1. The highest BCUT2D eigenvalue weighted by Crippen LogP contribution is 2.20. The largest absolute Gasteiger partial charge is 0.508 e. The summed E-state index contributed by atoms with van der Waals surface area (Å²) in [5.41, 5.74) is 7.71. The number of phenols is 1. The van der Waals surface area contributed by atoms with Gasteiger partial charge in [0.15, 0.2) is 0 Å². The van der Waals surface area contributed by atoms with Crippen LogP contribution in [0.15, 0.2) is 54.7 Å². The van der Waals surface area contributed by atoms with Gasteiger partial charge in [-0.2, -0.15) is 0 Å². The van der Waals surface area contributed by atoms with Crippen LogP contribution in [-0.2, 0) is 46.4 Å². The van der Waals surface area contributed by atoms with Crippen LogP contribution in [0.25, 0.3) is 10.9 Å². The first-order valence-electron chi connectivity index (χ1n) is 18.5. The minimum Gasteiger partial charge on any atom is -0.508 e. The zero-order chi connectivity index (χ0) is 42.4. The average molecular weight is 796 g/mol. The number of fused-ring (bicyclic) bond motifs is 1. The van der Waals surface area contributed by atoms with Crippen LogP contribution < -0.4 is 32.3 Å². The number of aliphatic hydroxyl groups is 1. The minimum absolute atomic E-state index is 0.0114. The summed E-state index contributed by atoms with van der Waals surface area (Å²) in [5, 5.41) is 52.2. The number of aromatic nitrogens is 1. The fraction of sp³-hybridized carbons (Fsp3) is 0.462. The monoisotopic (exact) mass is 795 g/mol. The molecule has 310 valence electrons. The third-order valence-electron chi connectivity index (χ3n) is 8.95. The summed E-state index contributed by atoms with van der Waals surface area (Å²) < 4.78 is 0. The maximum atomic E-state index is 13.8. The molecule has 1 aromatic heterocycles. The van der Waals surface area contributed by atoms with Crippen LogP contribution in [0.4, 0.5) is 0 Å². The molecular formula is C39H53N7O11. The van der Waals surface area contributed by atoms with E-state index in [1.54, 1.807) is 44.3 Å². The van der Waals surface area contributed by atoms with Gasteiger partial charge in [-0.1, -0.05) is 58.0 Å². The van der Waals surface area contributed by atoms with Gasteiger partial charge in [0.2, 0.25) is 29.5 Å². The predicted octanol–water partition coefficient (Wildman–Crippen LogP) is 0.0538. The smallest absolute Gasteiger partial charge is 0.326 e. The second kappa shape index (κ2) is 21.3. The van der Waals surface area contributed by atoms with Crippen LogP contribution >= 0.6 is 0 Å². The van der Waals surface area contributed by atoms with E-state index >= 15 is 0 Å². The van der Waals surface area contributed by atoms with Crippen molar-refractivity contribution < 1.29 is 54.0 Å². The Bertz CT molecular complexity index is 1880. The zero-order valence-electron chi connectivity index (χ0n) is 32.3. The second-order valence-corrected chi connectivity index (χ2v) is 14.7. The van der Waals surface area contributed by atoms with Crippen molar-refractivity contribution in [2.45, 2.75) is 96.1 Å². The molecule has 1 heterocycles. The average Bonchev–Trinajstić information content (AvgIpc) is 3.55. The number of aliphatic hydroxyl groups excluding tert-OH is 1. The van der Waals surface area contributed by atoms with Gasteiger partial charge in [-0.15, -0.1) is 0 Å². The first-order valence-corrected chi connectivity index (χ1v) is 18.5. The number of phenolic OH excluding ortho intramolecular Hbond substituents is 1. The lowest BCUT2D eigenvalue weighted by Gasteiger charge is -2.26. The quantitative estimate of drug-likeness (QED) is 0.0643. The number of hydrogen-bond acceptors (Lipinski definition) is 10. The summed E-state index contributed by atoms with van der Waals surface area (Å²) >= 11 is 0. The number of carboxylic acid groups (broad SMARTS) is 2. The summed E-state index contributed by atoms with van der Waals surface area (Å²) in [6.07, 6.45) is 0.752. The predicted molar refractivity (Wildman–Crippen MR) is 207 cm³/mol. The van der Waals surface area contributed by atoms with Crippen molar-refractivity contribution in [2.75, 3.05) is 6.61 Å². The van der Waals surface area contributed by atoms with Gasteiger partial charge in [0.1, 0.15) is 36.0 Å². The SMILES string of the molecule is CC(C)C[C@H](NC(=O)[C@H](Cc1c[nH]c2ccccc12)NC(=O)[C@H](CO)NC(=O)[C@H](Cc1ccc(O)cc1)NC(=O)[C@H](CC(=O)O)NC(=O)[C@@H](N)CC(C)C)C(=O)O. The lowest BCUT2D eigenvalue weighted by Crippen LogP contribution is -2.60. The maximum absolute atomic E-state index is 13.8. The molecule has 0 bridgehead atoms. The van der Waals surface area contributed by atoms with E-state index in [4.69, 9.17) is 5.73 Å². The van der Waals surface area contributed by atoms with E-state index in [2.05, 4.69) is 31.6 Å². The Balaban J connectivity index is 1.89. The number of carbonyl (C=O) groups is 7. The summed E-state index contributed by atoms with van der Waals surface area (Å²) in [6, 6.07) is 4.14. The molecule has 0 saturated carbocycles. The van der Waals surface area contributed by atoms with Crippen LogP contribution in [0.5, 0.6) is 5.75 Å². The van der Waals surface area contributed by atoms with Crippen LogP contribution in [0.3, 0.4) is 0 Å². The lowest BCUT2D eigenvalue weighted by molar-refractivity contribution is -0.143. The lowest BCUT2D eigenvalue weighted by atomic mass is 10.0. The molecule has 3 rings (SSSR count). The molecule has 0 radical (unpaired) electrons. The Kier molecular flexibility index (Phi) is 17.0. The van der Waals surface area contributed by atoms with Gasteiger partial charge in [-0.25, -0.2) is 4.79 Å². The van der Waals surface area contributed by atoms with E-state index in [1.807, 2.05) is 13.8 Å². The van der Waals surface area contributed by atoms with Crippen molar-refractivity contribution in [1.29, 1.82) is 0 Å². The van der Waals surface area contributed by atoms with Gasteiger partial charge >= 0.3 is 11.9 Å². The van der Waals surface area contributed by atoms with Crippen molar-refractivity contribution in [2.24, 2.45) is 17.6 Å². The molecule has 18 nitrogen and oxygen atoms in total. The molecule has 5 amide bonds. The van der Waals surface area contributed by atoms with Crippen LogP contribution in [0.1, 0.15) is 58.1 Å². The molecule has 6 atom stereocenters. The summed E-state index contributed by atoms with van der Waals surface area (Å²) in [7, 11) is 0. The molecular weight excluding hydrogens is 742 g/mol. The van der Waals surface area contributed by atoms with Crippen molar-refractivity contribution >= 4 is 52.4 Å². The van der Waals surface area contributed by atoms with E-state index in [9.17, 15) is 54.0 Å². The van der Waals surface area contributed by atoms with E-state index in [1.165, 1.54) is 24.3 Å². The minimum atomic E-state index is -1.70. The molecule has 12 N–H and O–H groups in total. The van der Waals surface area contributed by atoms with Gasteiger partial charge in [0.25, 0.3) is 0 Å². The molecule has 0 unspecified atom stereocenters. The van der Waals surface area contributed by atoms with E-state index in [-0.39, 0.29) is 43.3 Å². The molecule has 0 spiro atoms. The fourth-order valence-corrected chi connectivity index (χ4v) is 6.06. The summed E-state index contributed by atoms with van der Waals surface area (Å²) in [5.74, 6) is -7.60. The third-order valence-corrected chi connectivity index (χ3v) is 8.95. The number of aliphatic carboxylic acids is 2. The number of aromatic hydroxyl groups is 1. The van der Waals surface area contributed by atoms with E-state index < -0.39 is 90.8 Å². The number of benzene rings is 2. The topological polar surface area (TPSA) is 302 Å². The third kappa shape index (κ3) is 14.2. The molecule has 0 aliphatic heterocycles. The molecule has 3 aromatic rings. The Labute approximate surface area is 329 Å². The van der Waals surface area contributed by atoms with Gasteiger partial charge < -0.3 is 57.7 Å². The summed E-state index contributed by atoms with van der Waals surface area (Å²) in [4.78, 5) is 94.2. The molecule has 0 saturated heterocycles. The number of H-pyrrole nitrogens is 1. The number of rotatable bonds is 22. The Morgan fingerprint density at radius 1 is 0.649 bits per heavy atom. The first kappa shape index (κ1) is 45.4. The fourth-order valence-electron chi connectivity index (χ4n) is 6.06. The normalized spacial score (nSPS) is 14.5. The number of aromatic amines is 1. The van der Waals surface area contributed by atoms with Gasteiger partial charge in [0, 0.05) is 29.9 Å². The first-order chi connectivity index (χ1) is 26.9. The molecule has 57 heavy (non-hydrogen) atoms. The zero-order valence-corrected chi connectivity index (χ0v) is 32.3. The van der Waals surface area contributed by atoms with Gasteiger partial charge in [0.05, 0.1) is 19.1 Å². The Morgan fingerprint density at radius 2 is 1.16 bits per heavy atom. The highest BCUT2D eigenvalue weighted by molar-refractivity contribution is 5.97. The van der Waals surface area contributed by atoms with Gasteiger partial charge in [-0.05, 0) is 54.0 Å². The van der Waals surface area contributed by atoms with Crippen LogP contribution in [0, 0.1) is 11.8 Å². The highest BCUT2D eigenvalue weighted by Gasteiger charge is 2.34. The van der Waals surface area contributed by atoms with Gasteiger partial charge in [-0.3, -0.25) is 28.8 Å². The number of nitrogens with one attached hydrogen (secondary N) is 6. The highest BCUT2D eigenvalue weighted by atomic mass is 16.4. The molecule has 0 fully saturated rings.